The first-order valence-electron chi connectivity index (χ1n) is 7.12. The Morgan fingerprint density at radius 2 is 1.19 bits per heavy atom. The summed E-state index contributed by atoms with van der Waals surface area (Å²) in [5.41, 5.74) is 2.14. The van der Waals surface area contributed by atoms with Crippen LogP contribution in [0, 0.1) is 0 Å². The SMILES string of the molecule is CO.C[O-].ClCc1ccccc1.S=C([S-])c1ccccc1.S=S=S=S=S=S=S=S.[Na+].[Na+]. The van der Waals surface area contributed by atoms with Gasteiger partial charge in [0.25, 0.3) is 0 Å². The molecule has 2 nitrogen and oxygen atoms in total. The fourth-order valence-electron chi connectivity index (χ4n) is 1.19. The summed E-state index contributed by atoms with van der Waals surface area (Å²) in [4.78, 5) is 0. The Bertz CT molecular complexity index is 855. The Labute approximate surface area is 272 Å². The minimum Gasteiger partial charge on any atom is -0.857 e. The Balaban J connectivity index is -0.0000000980. The van der Waals surface area contributed by atoms with E-state index in [1.807, 2.05) is 60.7 Å². The smallest absolute Gasteiger partial charge is 0.857 e. The first-order chi connectivity index (χ1) is 14.2. The van der Waals surface area contributed by atoms with Crippen LogP contribution in [-0.4, -0.2) is 23.5 Å². The van der Waals surface area contributed by atoms with Crippen LogP contribution < -0.4 is 64.2 Å². The van der Waals surface area contributed by atoms with Gasteiger partial charge in [0.2, 0.25) is 0 Å². The van der Waals surface area contributed by atoms with E-state index in [9.17, 15) is 0 Å². The van der Waals surface area contributed by atoms with Crippen molar-refractivity contribution in [1.82, 2.24) is 0 Å². The third-order valence-electron chi connectivity index (χ3n) is 2.15. The van der Waals surface area contributed by atoms with Crippen LogP contribution in [0.15, 0.2) is 60.7 Å². The second kappa shape index (κ2) is 39.9. The first kappa shape index (κ1) is 43.8. The summed E-state index contributed by atoms with van der Waals surface area (Å²) < 4.78 is 0.538. The fraction of sp³-hybridized carbons (Fsp3) is 0.188. The molecular weight excluding hydrogens is 626 g/mol. The molecule has 164 valence electrons. The molecule has 0 heterocycles. The van der Waals surface area contributed by atoms with Gasteiger partial charge in [-0.05, 0) is 11.1 Å². The van der Waals surface area contributed by atoms with Gasteiger partial charge in [0, 0.05) is 88.6 Å². The van der Waals surface area contributed by atoms with Crippen molar-refractivity contribution in [2.75, 3.05) is 14.2 Å². The van der Waals surface area contributed by atoms with Gasteiger partial charge in [-0.2, -0.15) is 7.11 Å². The van der Waals surface area contributed by atoms with Gasteiger partial charge in [0.1, 0.15) is 0 Å². The molecule has 2 rings (SSSR count). The van der Waals surface area contributed by atoms with Gasteiger partial charge in [0.05, 0.1) is 0 Å². The van der Waals surface area contributed by atoms with Crippen LogP contribution in [0.2, 0.25) is 0 Å². The van der Waals surface area contributed by atoms with E-state index in [1.165, 1.54) is 23.3 Å². The molecule has 2 aromatic carbocycles. The number of rotatable bonds is 2. The van der Waals surface area contributed by atoms with Gasteiger partial charge < -0.3 is 35.1 Å². The van der Waals surface area contributed by atoms with Gasteiger partial charge in [-0.3, -0.25) is 0 Å². The summed E-state index contributed by atoms with van der Waals surface area (Å²) in [7, 11) is 10.9. The van der Waals surface area contributed by atoms with E-state index >= 15 is 0 Å². The number of aliphatic hydroxyl groups is 1. The molecule has 0 fully saturated rings. The zero-order chi connectivity index (χ0) is 22.8. The molecule has 0 spiro atoms. The van der Waals surface area contributed by atoms with Gasteiger partial charge in [-0.15, -0.1) is 15.8 Å². The molecule has 15 heteroatoms. The average Bonchev–Trinajstić information content (AvgIpc) is 2.81. The van der Waals surface area contributed by atoms with Crippen molar-refractivity contribution >= 4 is 116 Å². The molecule has 0 aliphatic rings. The second-order valence-corrected chi connectivity index (χ2v) is 15.6. The summed E-state index contributed by atoms with van der Waals surface area (Å²) in [5.74, 6) is 0.612. The quantitative estimate of drug-likeness (QED) is 0.162. The van der Waals surface area contributed by atoms with Crippen molar-refractivity contribution in [3.8, 4) is 0 Å². The molecule has 0 unspecified atom stereocenters. The van der Waals surface area contributed by atoms with Gasteiger partial charge in [0.15, 0.2) is 0 Å². The largest absolute Gasteiger partial charge is 1.00 e. The molecule has 31 heavy (non-hydrogen) atoms. The molecule has 0 saturated heterocycles. The van der Waals surface area contributed by atoms with Crippen LogP contribution in [0.25, 0.3) is 0 Å². The number of alkyl halides is 1. The summed E-state index contributed by atoms with van der Waals surface area (Å²) in [5, 5.41) is 15.2. The zero-order valence-corrected chi connectivity index (χ0v) is 30.2. The van der Waals surface area contributed by atoms with Crippen LogP contribution >= 0.6 is 23.8 Å². The Kier molecular flexibility index (Phi) is 56.4. The summed E-state index contributed by atoms with van der Waals surface area (Å²) in [6.45, 7) is 0. The van der Waals surface area contributed by atoms with Gasteiger partial charge in [-0.1, -0.05) is 60.7 Å². The number of aliphatic hydroxyl groups excluding tert-OH is 1. The molecule has 0 aromatic heterocycles. The Hall–Kier alpha value is 2.72. The van der Waals surface area contributed by atoms with Crippen molar-refractivity contribution < 1.29 is 69.3 Å². The van der Waals surface area contributed by atoms with Gasteiger partial charge in [-0.25, -0.2) is 0 Å². The van der Waals surface area contributed by atoms with Crippen molar-refractivity contribution in [2.24, 2.45) is 0 Å². The zero-order valence-electron chi connectivity index (χ0n) is 17.3. The number of thiocarbonyl (C=S) groups is 1. The van der Waals surface area contributed by atoms with Crippen LogP contribution in [-0.2, 0) is 94.2 Å². The van der Waals surface area contributed by atoms with Crippen molar-refractivity contribution in [1.29, 1.82) is 0 Å². The van der Waals surface area contributed by atoms with E-state index < -0.39 is 0 Å². The number of halogens is 1. The number of benzene rings is 2. The Morgan fingerprint density at radius 3 is 1.42 bits per heavy atom. The van der Waals surface area contributed by atoms with E-state index in [0.717, 1.165) is 19.8 Å². The van der Waals surface area contributed by atoms with E-state index in [0.29, 0.717) is 10.1 Å². The van der Waals surface area contributed by atoms with E-state index in [4.69, 9.17) is 46.7 Å². The molecule has 0 bridgehead atoms. The predicted molar refractivity (Wildman–Crippen MR) is 154 cm³/mol. The molecule has 2 aromatic rings. The van der Waals surface area contributed by atoms with Crippen LogP contribution in [0.1, 0.15) is 11.1 Å². The topological polar surface area (TPSA) is 43.3 Å². The van der Waals surface area contributed by atoms with Crippen molar-refractivity contribution in [3.63, 3.8) is 0 Å². The second-order valence-electron chi connectivity index (χ2n) is 3.68. The normalized spacial score (nSPS) is 7.00. The van der Waals surface area contributed by atoms with E-state index in [-0.39, 0.29) is 59.1 Å². The average molecular weight is 645 g/mol. The standard InChI is InChI=1S/C7H7Cl.C7H6S2.CH4O.CH3O.2Na.S8/c8-6-7-4-2-1-3-5-7;8-7(9)6-4-2-1-3-5-6;2*1-2;;;1-3-5-7-8-6-4-2/h1-5H,6H2;1-5H,(H,8,9);2H,1H3;1H3;;;/q;;;-1;2*+1;/p-1. The molecule has 0 saturated carbocycles. The van der Waals surface area contributed by atoms with E-state index in [2.05, 4.69) is 22.4 Å². The van der Waals surface area contributed by atoms with Crippen molar-refractivity contribution in [3.05, 3.63) is 71.8 Å². The first-order valence-corrected chi connectivity index (χ1v) is 17.8. The molecule has 0 radical (unpaired) electrons. The van der Waals surface area contributed by atoms with Crippen LogP contribution in [0.3, 0.4) is 0 Å². The molecule has 0 amide bonds. The maximum absolute atomic E-state index is 8.25. The fourth-order valence-corrected chi connectivity index (χ4v) is 12.6. The van der Waals surface area contributed by atoms with Crippen LogP contribution in [0.5, 0.6) is 0 Å². The minimum absolute atomic E-state index is 0. The third kappa shape index (κ3) is 35.0. The van der Waals surface area contributed by atoms with Crippen molar-refractivity contribution in [2.45, 2.75) is 5.88 Å². The summed E-state index contributed by atoms with van der Waals surface area (Å²) in [6.07, 6.45) is 0. The van der Waals surface area contributed by atoms with Crippen LogP contribution in [0.4, 0.5) is 0 Å². The maximum Gasteiger partial charge on any atom is 1.00 e. The number of hydrogen-bond acceptors (Lipinski definition) is 6. The minimum atomic E-state index is 0. The van der Waals surface area contributed by atoms with Gasteiger partial charge >= 0.3 is 59.1 Å². The third-order valence-corrected chi connectivity index (χ3v) is 14.0. The Morgan fingerprint density at radius 1 is 0.839 bits per heavy atom. The van der Waals surface area contributed by atoms with E-state index in [1.54, 1.807) is 35.5 Å². The molecule has 1 N–H and O–H groups in total. The summed E-state index contributed by atoms with van der Waals surface area (Å²) in [6, 6.07) is 19.6. The number of hydrogen-bond donors (Lipinski definition) is 1. The molecule has 0 atom stereocenters. The molecular formula is C16H19ClNa2O2S10. The molecule has 0 aliphatic carbocycles. The predicted octanol–water partition coefficient (Wildman–Crippen LogP) is -3.09. The molecule has 0 aliphatic heterocycles. The monoisotopic (exact) mass is 644 g/mol. The maximum atomic E-state index is 8.25. The summed E-state index contributed by atoms with van der Waals surface area (Å²) >= 11 is 24.3.